The number of nitrogens with one attached hydrogen (secondary N) is 1. The van der Waals surface area contributed by atoms with E-state index in [9.17, 15) is 4.79 Å². The van der Waals surface area contributed by atoms with E-state index in [2.05, 4.69) is 10.3 Å². The molecule has 0 aliphatic carbocycles. The molecule has 1 amide bonds. The summed E-state index contributed by atoms with van der Waals surface area (Å²) in [4.78, 5) is 17.7. The van der Waals surface area contributed by atoms with Crippen LogP contribution < -0.4 is 5.32 Å². The molecule has 114 valence electrons. The second-order valence-corrected chi connectivity index (χ2v) is 6.68. The van der Waals surface area contributed by atoms with Crippen molar-refractivity contribution in [3.63, 3.8) is 0 Å². The normalized spacial score (nSPS) is 11.2. The average molecular weight is 322 g/mol. The van der Waals surface area contributed by atoms with Crippen LogP contribution in [0.5, 0.6) is 0 Å². The third-order valence-corrected chi connectivity index (χ3v) is 4.70. The molecule has 2 aromatic carbocycles. The molecule has 0 aliphatic heterocycles. The van der Waals surface area contributed by atoms with Gasteiger partial charge in [-0.15, -0.1) is 11.3 Å². The lowest BCUT2D eigenvalue weighted by Gasteiger charge is -1.98. The largest absolute Gasteiger partial charge is 0.450 e. The first-order valence-corrected chi connectivity index (χ1v) is 8.10. The van der Waals surface area contributed by atoms with Crippen molar-refractivity contribution in [2.75, 3.05) is 5.32 Å². The van der Waals surface area contributed by atoms with Crippen LogP contribution in [0.1, 0.15) is 21.0 Å². The minimum atomic E-state index is -0.267. The summed E-state index contributed by atoms with van der Waals surface area (Å²) in [6, 6.07) is 12.0. The van der Waals surface area contributed by atoms with Gasteiger partial charge >= 0.3 is 0 Å². The highest BCUT2D eigenvalue weighted by Crippen LogP contribution is 2.32. The number of rotatable bonds is 2. The summed E-state index contributed by atoms with van der Waals surface area (Å²) in [5, 5.41) is 6.45. The third kappa shape index (κ3) is 2.29. The van der Waals surface area contributed by atoms with Gasteiger partial charge in [-0.05, 0) is 19.2 Å². The minimum Gasteiger partial charge on any atom is -0.450 e. The van der Waals surface area contributed by atoms with Crippen molar-refractivity contribution in [1.82, 2.24) is 4.98 Å². The second-order valence-electron chi connectivity index (χ2n) is 5.45. The average Bonchev–Trinajstić information content (AvgIpc) is 3.11. The van der Waals surface area contributed by atoms with E-state index in [1.165, 1.54) is 11.3 Å². The maximum Gasteiger partial charge on any atom is 0.293 e. The molecule has 0 saturated carbocycles. The van der Waals surface area contributed by atoms with Crippen molar-refractivity contribution in [2.45, 2.75) is 13.8 Å². The van der Waals surface area contributed by atoms with Crippen LogP contribution in [-0.2, 0) is 0 Å². The van der Waals surface area contributed by atoms with Crippen LogP contribution in [0, 0.1) is 13.8 Å². The fraction of sp³-hybridized carbons (Fsp3) is 0.111. The lowest BCUT2D eigenvalue weighted by atomic mass is 10.1. The number of carbonyl (C=O) groups is 1. The van der Waals surface area contributed by atoms with Gasteiger partial charge in [0.1, 0.15) is 5.58 Å². The summed E-state index contributed by atoms with van der Waals surface area (Å²) in [6.07, 6.45) is 1.74. The standard InChI is InChI=1S/C18H14N2O2S/c1-10-9-19-18(23-10)20-17(21)15-11(2)13-8-7-12-5-3-4-6-14(12)16(13)22-15/h3-9H,1-2H3,(H,19,20,21). The van der Waals surface area contributed by atoms with Crippen molar-refractivity contribution in [1.29, 1.82) is 0 Å². The number of anilines is 1. The van der Waals surface area contributed by atoms with Gasteiger partial charge in [-0.25, -0.2) is 4.98 Å². The van der Waals surface area contributed by atoms with Crippen LogP contribution >= 0.6 is 11.3 Å². The highest BCUT2D eigenvalue weighted by atomic mass is 32.1. The Labute approximate surface area is 136 Å². The van der Waals surface area contributed by atoms with E-state index >= 15 is 0 Å². The molecule has 1 N–H and O–H groups in total. The predicted molar refractivity (Wildman–Crippen MR) is 93.3 cm³/mol. The Kier molecular flexibility index (Phi) is 3.16. The highest BCUT2D eigenvalue weighted by Gasteiger charge is 2.19. The van der Waals surface area contributed by atoms with E-state index in [0.29, 0.717) is 10.9 Å². The Hall–Kier alpha value is -2.66. The van der Waals surface area contributed by atoms with Gasteiger partial charge in [-0.1, -0.05) is 36.4 Å². The Morgan fingerprint density at radius 1 is 1.13 bits per heavy atom. The number of furan rings is 1. The van der Waals surface area contributed by atoms with E-state index in [-0.39, 0.29) is 5.91 Å². The molecule has 5 heteroatoms. The zero-order chi connectivity index (χ0) is 16.0. The maximum absolute atomic E-state index is 12.5. The van der Waals surface area contributed by atoms with Crippen molar-refractivity contribution >= 4 is 44.1 Å². The molecule has 2 heterocycles. The monoisotopic (exact) mass is 322 g/mol. The molecule has 0 unspecified atom stereocenters. The van der Waals surface area contributed by atoms with Gasteiger partial charge in [-0.3, -0.25) is 10.1 Å². The van der Waals surface area contributed by atoms with Gasteiger partial charge in [0.2, 0.25) is 0 Å². The summed E-state index contributed by atoms with van der Waals surface area (Å²) in [6.45, 7) is 3.86. The van der Waals surface area contributed by atoms with E-state index in [4.69, 9.17) is 4.42 Å². The molecule has 0 fully saturated rings. The second kappa shape index (κ2) is 5.21. The van der Waals surface area contributed by atoms with E-state index in [1.54, 1.807) is 6.20 Å². The van der Waals surface area contributed by atoms with Gasteiger partial charge in [0.05, 0.1) is 0 Å². The number of hydrogen-bond acceptors (Lipinski definition) is 4. The van der Waals surface area contributed by atoms with Crippen LogP contribution in [-0.4, -0.2) is 10.9 Å². The van der Waals surface area contributed by atoms with E-state index < -0.39 is 0 Å². The molecule has 0 bridgehead atoms. The van der Waals surface area contributed by atoms with Crippen molar-refractivity contribution in [2.24, 2.45) is 0 Å². The van der Waals surface area contributed by atoms with Crippen LogP contribution in [0.2, 0.25) is 0 Å². The number of aryl methyl sites for hydroxylation is 2. The molecular formula is C18H14N2O2S. The number of hydrogen-bond donors (Lipinski definition) is 1. The molecule has 23 heavy (non-hydrogen) atoms. The van der Waals surface area contributed by atoms with Crippen molar-refractivity contribution in [3.8, 4) is 0 Å². The first kappa shape index (κ1) is 14.0. The quantitative estimate of drug-likeness (QED) is 0.570. The van der Waals surface area contributed by atoms with Crippen LogP contribution in [0.25, 0.3) is 21.7 Å². The summed E-state index contributed by atoms with van der Waals surface area (Å²) >= 11 is 1.44. The Balaban J connectivity index is 1.82. The fourth-order valence-corrected chi connectivity index (χ4v) is 3.39. The van der Waals surface area contributed by atoms with Gasteiger partial charge in [0, 0.05) is 27.4 Å². The third-order valence-electron chi connectivity index (χ3n) is 3.88. The Bertz CT molecular complexity index is 1050. The van der Waals surface area contributed by atoms with Crippen LogP contribution in [0.4, 0.5) is 5.13 Å². The van der Waals surface area contributed by atoms with Crippen molar-refractivity contribution in [3.05, 3.63) is 58.8 Å². The number of nitrogens with zero attached hydrogens (tertiary/aromatic N) is 1. The molecular weight excluding hydrogens is 308 g/mol. The van der Waals surface area contributed by atoms with Gasteiger partial charge in [-0.2, -0.15) is 0 Å². The first-order valence-electron chi connectivity index (χ1n) is 7.28. The van der Waals surface area contributed by atoms with Crippen LogP contribution in [0.15, 0.2) is 47.0 Å². The number of thiazole rings is 1. The molecule has 0 aliphatic rings. The summed E-state index contributed by atoms with van der Waals surface area (Å²) in [5.74, 6) is 0.0707. The summed E-state index contributed by atoms with van der Waals surface area (Å²) in [7, 11) is 0. The van der Waals surface area contributed by atoms with E-state index in [0.717, 1.165) is 32.2 Å². The maximum atomic E-state index is 12.5. The lowest BCUT2D eigenvalue weighted by Crippen LogP contribution is -2.11. The van der Waals surface area contributed by atoms with Gasteiger partial charge in [0.15, 0.2) is 10.9 Å². The van der Waals surface area contributed by atoms with Crippen LogP contribution in [0.3, 0.4) is 0 Å². The smallest absolute Gasteiger partial charge is 0.293 e. The molecule has 0 radical (unpaired) electrons. The molecule has 2 aromatic heterocycles. The number of fused-ring (bicyclic) bond motifs is 3. The first-order chi connectivity index (χ1) is 11.1. The SMILES string of the molecule is Cc1cnc(NC(=O)c2oc3c(ccc4ccccc43)c2C)s1. The van der Waals surface area contributed by atoms with Gasteiger partial charge < -0.3 is 4.42 Å². The van der Waals surface area contributed by atoms with Crippen molar-refractivity contribution < 1.29 is 9.21 Å². The fourth-order valence-electron chi connectivity index (χ4n) is 2.73. The van der Waals surface area contributed by atoms with Gasteiger partial charge in [0.25, 0.3) is 5.91 Å². The highest BCUT2D eigenvalue weighted by molar-refractivity contribution is 7.15. The molecule has 0 spiro atoms. The summed E-state index contributed by atoms with van der Waals surface area (Å²) < 4.78 is 5.92. The summed E-state index contributed by atoms with van der Waals surface area (Å²) in [5.41, 5.74) is 1.60. The molecule has 4 rings (SSSR count). The predicted octanol–water partition coefficient (Wildman–Crippen LogP) is 4.91. The molecule has 0 saturated heterocycles. The lowest BCUT2D eigenvalue weighted by molar-refractivity contribution is 0.0998. The number of aromatic nitrogens is 1. The number of carbonyl (C=O) groups excluding carboxylic acids is 1. The molecule has 4 aromatic rings. The molecule has 4 nitrogen and oxygen atoms in total. The zero-order valence-electron chi connectivity index (χ0n) is 12.7. The zero-order valence-corrected chi connectivity index (χ0v) is 13.5. The minimum absolute atomic E-state index is 0.267. The topological polar surface area (TPSA) is 55.1 Å². The molecule has 0 atom stereocenters. The number of benzene rings is 2. The van der Waals surface area contributed by atoms with E-state index in [1.807, 2.05) is 50.2 Å². The Morgan fingerprint density at radius 2 is 1.96 bits per heavy atom. The number of amides is 1. The Morgan fingerprint density at radius 3 is 2.74 bits per heavy atom.